The first-order chi connectivity index (χ1) is 14.6. The Bertz CT molecular complexity index is 822. The number of aromatic nitrogens is 1. The summed E-state index contributed by atoms with van der Waals surface area (Å²) in [5.74, 6) is 1.87. The number of carbonyl (C=O) groups excluding carboxylic acids is 1. The summed E-state index contributed by atoms with van der Waals surface area (Å²) >= 11 is 1.73. The molecule has 0 radical (unpaired) electrons. The van der Waals surface area contributed by atoms with E-state index in [9.17, 15) is 4.79 Å². The zero-order chi connectivity index (χ0) is 20.9. The lowest BCUT2D eigenvalue weighted by atomic mass is 9.99. The number of hydrogen-bond donors (Lipinski definition) is 0. The number of methoxy groups -OCH3 is 1. The largest absolute Gasteiger partial charge is 0.497 e. The monoisotopic (exact) mass is 428 g/mol. The number of piperidine rings is 1. The predicted molar refractivity (Wildman–Crippen MR) is 121 cm³/mol. The van der Waals surface area contributed by atoms with E-state index >= 15 is 0 Å². The Morgan fingerprint density at radius 3 is 2.47 bits per heavy atom. The minimum absolute atomic E-state index is 0.193. The van der Waals surface area contributed by atoms with Crippen LogP contribution >= 0.6 is 11.3 Å². The van der Waals surface area contributed by atoms with E-state index in [1.165, 1.54) is 31.6 Å². The maximum absolute atomic E-state index is 12.7. The van der Waals surface area contributed by atoms with Gasteiger partial charge in [0.1, 0.15) is 5.75 Å². The molecule has 3 heterocycles. The SMILES string of the molecule is COc1ccc(CC(=O)N2CCN(c3nc(CN4CCC(C)CC4)cs3)CC2)cc1. The fraction of sp³-hybridized carbons (Fsp3) is 0.565. The Balaban J connectivity index is 1.25. The molecule has 4 rings (SSSR count). The summed E-state index contributed by atoms with van der Waals surface area (Å²) < 4.78 is 5.18. The fourth-order valence-corrected chi connectivity index (χ4v) is 5.01. The van der Waals surface area contributed by atoms with Gasteiger partial charge >= 0.3 is 0 Å². The van der Waals surface area contributed by atoms with Gasteiger partial charge in [0, 0.05) is 38.1 Å². The third-order valence-electron chi connectivity index (χ3n) is 6.22. The second-order valence-electron chi connectivity index (χ2n) is 8.47. The van der Waals surface area contributed by atoms with Gasteiger partial charge in [0.25, 0.3) is 0 Å². The lowest BCUT2D eigenvalue weighted by Gasteiger charge is -2.34. The van der Waals surface area contributed by atoms with Crippen molar-refractivity contribution < 1.29 is 9.53 Å². The summed E-state index contributed by atoms with van der Waals surface area (Å²) in [4.78, 5) is 24.4. The average Bonchev–Trinajstić information content (AvgIpc) is 3.24. The van der Waals surface area contributed by atoms with Crippen molar-refractivity contribution in [2.24, 2.45) is 5.92 Å². The van der Waals surface area contributed by atoms with Gasteiger partial charge in [-0.25, -0.2) is 4.98 Å². The highest BCUT2D eigenvalue weighted by Crippen LogP contribution is 2.24. The van der Waals surface area contributed by atoms with Crippen LogP contribution in [0.5, 0.6) is 5.75 Å². The van der Waals surface area contributed by atoms with E-state index in [1.807, 2.05) is 29.2 Å². The van der Waals surface area contributed by atoms with Crippen LogP contribution in [0.1, 0.15) is 31.0 Å². The van der Waals surface area contributed by atoms with Crippen molar-refractivity contribution >= 4 is 22.4 Å². The van der Waals surface area contributed by atoms with E-state index in [4.69, 9.17) is 9.72 Å². The van der Waals surface area contributed by atoms with Crippen molar-refractivity contribution in [1.29, 1.82) is 0 Å². The molecule has 0 spiro atoms. The van der Waals surface area contributed by atoms with E-state index in [-0.39, 0.29) is 5.91 Å². The standard InChI is InChI=1S/C23H32N4O2S/c1-18-7-9-25(10-8-18)16-20-17-30-23(24-20)27-13-11-26(12-14-27)22(28)15-19-3-5-21(29-2)6-4-19/h3-6,17-18H,7-16H2,1-2H3. The first-order valence-electron chi connectivity index (χ1n) is 10.9. The zero-order valence-electron chi connectivity index (χ0n) is 18.0. The second-order valence-corrected chi connectivity index (χ2v) is 9.31. The molecular weight excluding hydrogens is 396 g/mol. The summed E-state index contributed by atoms with van der Waals surface area (Å²) in [6, 6.07) is 7.75. The number of carbonyl (C=O) groups is 1. The normalized spacial score (nSPS) is 18.6. The Morgan fingerprint density at radius 1 is 1.10 bits per heavy atom. The number of thiazole rings is 1. The van der Waals surface area contributed by atoms with Crippen LogP contribution in [-0.2, 0) is 17.8 Å². The summed E-state index contributed by atoms with van der Waals surface area (Å²) in [5.41, 5.74) is 2.21. The zero-order valence-corrected chi connectivity index (χ0v) is 18.9. The second kappa shape index (κ2) is 9.79. The number of amides is 1. The molecule has 0 aliphatic carbocycles. The van der Waals surface area contributed by atoms with Crippen LogP contribution in [0, 0.1) is 5.92 Å². The van der Waals surface area contributed by atoms with Gasteiger partial charge < -0.3 is 14.5 Å². The number of anilines is 1. The van der Waals surface area contributed by atoms with E-state index < -0.39 is 0 Å². The van der Waals surface area contributed by atoms with Gasteiger partial charge in [-0.3, -0.25) is 9.69 Å². The van der Waals surface area contributed by atoms with Crippen LogP contribution < -0.4 is 9.64 Å². The Labute approximate surface area is 183 Å². The van der Waals surface area contributed by atoms with Gasteiger partial charge in [0.15, 0.2) is 5.13 Å². The quantitative estimate of drug-likeness (QED) is 0.707. The van der Waals surface area contributed by atoms with Crippen molar-refractivity contribution in [3.8, 4) is 5.75 Å². The van der Waals surface area contributed by atoms with Gasteiger partial charge in [-0.15, -0.1) is 11.3 Å². The maximum atomic E-state index is 12.7. The smallest absolute Gasteiger partial charge is 0.227 e. The summed E-state index contributed by atoms with van der Waals surface area (Å²) in [6.45, 7) is 8.89. The van der Waals surface area contributed by atoms with Gasteiger partial charge in [-0.05, 0) is 49.5 Å². The van der Waals surface area contributed by atoms with Crippen LogP contribution in [-0.4, -0.2) is 67.1 Å². The highest BCUT2D eigenvalue weighted by Gasteiger charge is 2.23. The Hall–Kier alpha value is -2.12. The topological polar surface area (TPSA) is 48.9 Å². The van der Waals surface area contributed by atoms with Gasteiger partial charge in [0.2, 0.25) is 5.91 Å². The fourth-order valence-electron chi connectivity index (χ4n) is 4.14. The maximum Gasteiger partial charge on any atom is 0.227 e. The van der Waals surface area contributed by atoms with Crippen molar-refractivity contribution in [3.05, 3.63) is 40.9 Å². The molecule has 2 aliphatic heterocycles. The molecule has 7 heteroatoms. The molecule has 0 saturated carbocycles. The highest BCUT2D eigenvalue weighted by atomic mass is 32.1. The predicted octanol–water partition coefficient (Wildman–Crippen LogP) is 3.27. The minimum atomic E-state index is 0.193. The minimum Gasteiger partial charge on any atom is -0.497 e. The average molecular weight is 429 g/mol. The molecule has 162 valence electrons. The van der Waals surface area contributed by atoms with Crippen LogP contribution in [0.4, 0.5) is 5.13 Å². The number of rotatable bonds is 6. The third-order valence-corrected chi connectivity index (χ3v) is 7.17. The van der Waals surface area contributed by atoms with Crippen molar-refractivity contribution in [3.63, 3.8) is 0 Å². The number of nitrogens with zero attached hydrogens (tertiary/aromatic N) is 4. The molecule has 2 fully saturated rings. The summed E-state index contributed by atoms with van der Waals surface area (Å²) in [7, 11) is 1.65. The van der Waals surface area contributed by atoms with Gasteiger partial charge in [-0.2, -0.15) is 0 Å². The highest BCUT2D eigenvalue weighted by molar-refractivity contribution is 7.13. The molecule has 1 amide bonds. The summed E-state index contributed by atoms with van der Waals surface area (Å²) in [6.07, 6.45) is 3.03. The van der Waals surface area contributed by atoms with Crippen molar-refractivity contribution in [2.75, 3.05) is 51.3 Å². The number of ether oxygens (including phenoxy) is 1. The van der Waals surface area contributed by atoms with Gasteiger partial charge in [-0.1, -0.05) is 19.1 Å². The first kappa shape index (κ1) is 21.1. The first-order valence-corrected chi connectivity index (χ1v) is 11.8. The van der Waals surface area contributed by atoms with Crippen LogP contribution in [0.3, 0.4) is 0 Å². The molecule has 1 aromatic heterocycles. The van der Waals surface area contributed by atoms with Gasteiger partial charge in [0.05, 0.1) is 19.2 Å². The lowest BCUT2D eigenvalue weighted by molar-refractivity contribution is -0.130. The molecular formula is C23H32N4O2S. The molecule has 30 heavy (non-hydrogen) atoms. The van der Waals surface area contributed by atoms with Crippen LogP contribution in [0.15, 0.2) is 29.6 Å². The molecule has 0 N–H and O–H groups in total. The van der Waals surface area contributed by atoms with Crippen molar-refractivity contribution in [1.82, 2.24) is 14.8 Å². The molecule has 6 nitrogen and oxygen atoms in total. The number of likely N-dealkylation sites (tertiary alicyclic amines) is 1. The molecule has 2 aromatic rings. The van der Waals surface area contributed by atoms with Crippen LogP contribution in [0.25, 0.3) is 0 Å². The van der Waals surface area contributed by atoms with Crippen LogP contribution in [0.2, 0.25) is 0 Å². The molecule has 0 unspecified atom stereocenters. The third kappa shape index (κ3) is 5.32. The number of benzene rings is 1. The lowest BCUT2D eigenvalue weighted by Crippen LogP contribution is -2.49. The van der Waals surface area contributed by atoms with Crippen molar-refractivity contribution in [2.45, 2.75) is 32.7 Å². The van der Waals surface area contributed by atoms with E-state index in [0.717, 1.165) is 55.1 Å². The molecule has 2 aliphatic rings. The van der Waals surface area contributed by atoms with E-state index in [1.54, 1.807) is 18.4 Å². The molecule has 2 saturated heterocycles. The van der Waals surface area contributed by atoms with E-state index in [0.29, 0.717) is 6.42 Å². The number of piperazine rings is 1. The van der Waals surface area contributed by atoms with E-state index in [2.05, 4.69) is 22.1 Å². The molecule has 0 bridgehead atoms. The Morgan fingerprint density at radius 2 is 1.80 bits per heavy atom. The summed E-state index contributed by atoms with van der Waals surface area (Å²) in [5, 5.41) is 3.30. The Kier molecular flexibility index (Phi) is 6.89. The number of hydrogen-bond acceptors (Lipinski definition) is 6. The molecule has 1 aromatic carbocycles. The molecule has 0 atom stereocenters.